The van der Waals surface area contributed by atoms with Crippen LogP contribution >= 0.6 is 0 Å². The number of unbranched alkanes of at least 4 members (excludes halogenated alkanes) is 1. The second-order valence-electron chi connectivity index (χ2n) is 4.49. The third kappa shape index (κ3) is 2.92. The second-order valence-corrected chi connectivity index (χ2v) is 4.49. The van der Waals surface area contributed by atoms with E-state index < -0.39 is 5.41 Å². The minimum absolute atomic E-state index is 0.482. The van der Waals surface area contributed by atoms with Gasteiger partial charge in [-0.1, -0.05) is 37.6 Å². The standard InChI is InChI=1S/C14H19O/c1-4-5-8-12-9-6-7-10-13(12)14(2,3)11-15/h6-7,9-10H,4-5,8H2,1-3H3. The zero-order chi connectivity index (χ0) is 11.3. The third-order valence-electron chi connectivity index (χ3n) is 2.75. The maximum Gasteiger partial charge on any atom is 0.209 e. The number of hydrogen-bond acceptors (Lipinski definition) is 1. The smallest absolute Gasteiger partial charge is 0.209 e. The fraction of sp³-hybridized carbons (Fsp3) is 0.500. The maximum absolute atomic E-state index is 10.9. The summed E-state index contributed by atoms with van der Waals surface area (Å²) in [6.07, 6.45) is 5.53. The van der Waals surface area contributed by atoms with E-state index in [0.717, 1.165) is 12.0 Å². The van der Waals surface area contributed by atoms with E-state index in [-0.39, 0.29) is 0 Å². The molecule has 0 bridgehead atoms. The monoisotopic (exact) mass is 203 g/mol. The molecule has 15 heavy (non-hydrogen) atoms. The molecule has 0 aliphatic rings. The number of benzene rings is 1. The van der Waals surface area contributed by atoms with Crippen LogP contribution < -0.4 is 0 Å². The summed E-state index contributed by atoms with van der Waals surface area (Å²) >= 11 is 0. The van der Waals surface area contributed by atoms with Crippen LogP contribution in [-0.4, -0.2) is 6.29 Å². The first kappa shape index (κ1) is 12.0. The van der Waals surface area contributed by atoms with Gasteiger partial charge in [0.2, 0.25) is 6.29 Å². The number of aryl methyl sites for hydroxylation is 1. The molecule has 0 atom stereocenters. The van der Waals surface area contributed by atoms with Crippen molar-refractivity contribution in [1.29, 1.82) is 0 Å². The third-order valence-corrected chi connectivity index (χ3v) is 2.75. The molecule has 0 fully saturated rings. The van der Waals surface area contributed by atoms with Gasteiger partial charge in [-0.05, 0) is 37.8 Å². The van der Waals surface area contributed by atoms with E-state index in [4.69, 9.17) is 0 Å². The quantitative estimate of drug-likeness (QED) is 0.716. The van der Waals surface area contributed by atoms with Gasteiger partial charge in [-0.2, -0.15) is 0 Å². The van der Waals surface area contributed by atoms with E-state index >= 15 is 0 Å². The summed E-state index contributed by atoms with van der Waals surface area (Å²) in [6, 6.07) is 8.18. The normalized spacial score (nSPS) is 11.4. The van der Waals surface area contributed by atoms with Crippen molar-refractivity contribution in [3.8, 4) is 0 Å². The lowest BCUT2D eigenvalue weighted by Gasteiger charge is -2.20. The molecule has 1 heteroatoms. The molecule has 1 radical (unpaired) electrons. The molecule has 0 N–H and O–H groups in total. The minimum Gasteiger partial charge on any atom is -0.290 e. The lowest BCUT2D eigenvalue weighted by molar-refractivity contribution is 0.515. The summed E-state index contributed by atoms with van der Waals surface area (Å²) in [4.78, 5) is 10.9. The number of rotatable bonds is 5. The lowest BCUT2D eigenvalue weighted by atomic mass is 9.82. The van der Waals surface area contributed by atoms with Gasteiger partial charge in [0.25, 0.3) is 0 Å². The Morgan fingerprint density at radius 1 is 1.27 bits per heavy atom. The highest BCUT2D eigenvalue weighted by Gasteiger charge is 2.23. The maximum atomic E-state index is 10.9. The van der Waals surface area contributed by atoms with Gasteiger partial charge in [-0.25, -0.2) is 0 Å². The average Bonchev–Trinajstić information content (AvgIpc) is 2.26. The summed E-state index contributed by atoms with van der Waals surface area (Å²) in [5.74, 6) is 0. The highest BCUT2D eigenvalue weighted by Crippen LogP contribution is 2.25. The lowest BCUT2D eigenvalue weighted by Crippen LogP contribution is -2.20. The second kappa shape index (κ2) is 5.11. The van der Waals surface area contributed by atoms with Crippen LogP contribution in [0.3, 0.4) is 0 Å². The van der Waals surface area contributed by atoms with E-state index in [0.29, 0.717) is 0 Å². The van der Waals surface area contributed by atoms with Gasteiger partial charge in [0.15, 0.2) is 0 Å². The van der Waals surface area contributed by atoms with E-state index in [1.165, 1.54) is 18.4 Å². The Morgan fingerprint density at radius 3 is 2.53 bits per heavy atom. The summed E-state index contributed by atoms with van der Waals surface area (Å²) in [5.41, 5.74) is 1.92. The van der Waals surface area contributed by atoms with E-state index in [9.17, 15) is 4.79 Å². The van der Waals surface area contributed by atoms with Gasteiger partial charge in [-0.3, -0.25) is 4.79 Å². The fourth-order valence-electron chi connectivity index (χ4n) is 1.77. The van der Waals surface area contributed by atoms with Gasteiger partial charge in [0.05, 0.1) is 5.41 Å². The van der Waals surface area contributed by atoms with Crippen molar-refractivity contribution in [2.45, 2.75) is 45.4 Å². The van der Waals surface area contributed by atoms with Crippen LogP contribution in [0.25, 0.3) is 0 Å². The molecule has 0 spiro atoms. The largest absolute Gasteiger partial charge is 0.290 e. The molecule has 0 saturated heterocycles. The molecule has 1 rings (SSSR count). The van der Waals surface area contributed by atoms with Crippen LogP contribution in [0.5, 0.6) is 0 Å². The molecule has 1 nitrogen and oxygen atoms in total. The molecule has 0 aliphatic carbocycles. The minimum atomic E-state index is -0.482. The highest BCUT2D eigenvalue weighted by atomic mass is 16.1. The van der Waals surface area contributed by atoms with Crippen molar-refractivity contribution >= 4 is 6.29 Å². The van der Waals surface area contributed by atoms with Crippen LogP contribution in [0.2, 0.25) is 0 Å². The molecular formula is C14H19O. The van der Waals surface area contributed by atoms with Crippen LogP contribution in [0.1, 0.15) is 44.7 Å². The predicted molar refractivity (Wildman–Crippen MR) is 63.8 cm³/mol. The van der Waals surface area contributed by atoms with Gasteiger partial charge in [-0.15, -0.1) is 0 Å². The fourth-order valence-corrected chi connectivity index (χ4v) is 1.77. The molecule has 0 amide bonds. The van der Waals surface area contributed by atoms with E-state index in [2.05, 4.69) is 19.3 Å². The molecular weight excluding hydrogens is 184 g/mol. The summed E-state index contributed by atoms with van der Waals surface area (Å²) in [6.45, 7) is 6.02. The Balaban J connectivity index is 3.00. The Bertz CT molecular complexity index is 326. The SMILES string of the molecule is CCCCc1ccccc1C(C)(C)[C]=O. The van der Waals surface area contributed by atoms with Crippen LogP contribution in [0.4, 0.5) is 0 Å². The average molecular weight is 203 g/mol. The first-order chi connectivity index (χ1) is 7.11. The topological polar surface area (TPSA) is 17.1 Å². The van der Waals surface area contributed by atoms with Gasteiger partial charge >= 0.3 is 0 Å². The Labute approximate surface area is 92.5 Å². The Morgan fingerprint density at radius 2 is 1.93 bits per heavy atom. The first-order valence-corrected chi connectivity index (χ1v) is 5.59. The zero-order valence-corrected chi connectivity index (χ0v) is 9.84. The van der Waals surface area contributed by atoms with E-state index in [1.54, 1.807) is 0 Å². The van der Waals surface area contributed by atoms with Crippen molar-refractivity contribution in [3.63, 3.8) is 0 Å². The number of carbonyl (C=O) groups excluding carboxylic acids is 1. The van der Waals surface area contributed by atoms with Gasteiger partial charge in [0.1, 0.15) is 0 Å². The summed E-state index contributed by atoms with van der Waals surface area (Å²) in [7, 11) is 0. The van der Waals surface area contributed by atoms with Gasteiger partial charge < -0.3 is 0 Å². The molecule has 0 heterocycles. The zero-order valence-electron chi connectivity index (χ0n) is 9.84. The molecule has 0 saturated carbocycles. The van der Waals surface area contributed by atoms with Crippen LogP contribution in [-0.2, 0) is 16.6 Å². The van der Waals surface area contributed by atoms with Gasteiger partial charge in [0, 0.05) is 0 Å². The van der Waals surface area contributed by atoms with Crippen molar-refractivity contribution in [2.24, 2.45) is 0 Å². The molecule has 0 unspecified atom stereocenters. The van der Waals surface area contributed by atoms with E-state index in [1.807, 2.05) is 32.0 Å². The van der Waals surface area contributed by atoms with Crippen molar-refractivity contribution in [1.82, 2.24) is 0 Å². The van der Waals surface area contributed by atoms with Crippen LogP contribution in [0, 0.1) is 0 Å². The molecule has 1 aromatic rings. The Hall–Kier alpha value is -1.11. The first-order valence-electron chi connectivity index (χ1n) is 5.59. The molecule has 81 valence electrons. The Kier molecular flexibility index (Phi) is 4.07. The summed E-state index contributed by atoms with van der Waals surface area (Å²) in [5, 5.41) is 0. The molecule has 1 aromatic carbocycles. The molecule has 0 aliphatic heterocycles. The highest BCUT2D eigenvalue weighted by molar-refractivity contribution is 5.68. The van der Waals surface area contributed by atoms with Crippen LogP contribution in [0.15, 0.2) is 24.3 Å². The van der Waals surface area contributed by atoms with Crippen molar-refractivity contribution in [2.75, 3.05) is 0 Å². The summed E-state index contributed by atoms with van der Waals surface area (Å²) < 4.78 is 0. The predicted octanol–water partition coefficient (Wildman–Crippen LogP) is 3.42. The molecule has 0 aromatic heterocycles. The van der Waals surface area contributed by atoms with Crippen molar-refractivity contribution < 1.29 is 4.79 Å². The number of hydrogen-bond donors (Lipinski definition) is 0. The van der Waals surface area contributed by atoms with Crippen molar-refractivity contribution in [3.05, 3.63) is 35.4 Å².